The second-order valence-electron chi connectivity index (χ2n) is 17.8. The lowest BCUT2D eigenvalue weighted by Crippen LogP contribution is -2.53. The van der Waals surface area contributed by atoms with Crippen LogP contribution in [0.5, 0.6) is 0 Å². The van der Waals surface area contributed by atoms with Crippen LogP contribution >= 0.6 is 0 Å². The van der Waals surface area contributed by atoms with Gasteiger partial charge >= 0.3 is 12.2 Å². The van der Waals surface area contributed by atoms with Gasteiger partial charge in [0.2, 0.25) is 11.8 Å². The van der Waals surface area contributed by atoms with Gasteiger partial charge in [-0.1, -0.05) is 76.2 Å². The van der Waals surface area contributed by atoms with Crippen molar-refractivity contribution in [3.05, 3.63) is 84.7 Å². The first kappa shape index (κ1) is 43.4. The Morgan fingerprint density at radius 1 is 0.683 bits per heavy atom. The highest BCUT2D eigenvalue weighted by molar-refractivity contribution is 5.91. The minimum Gasteiger partial charge on any atom is -0.453 e. The summed E-state index contributed by atoms with van der Waals surface area (Å²) in [5.74, 6) is 1.59. The van der Waals surface area contributed by atoms with Gasteiger partial charge < -0.3 is 44.6 Å². The van der Waals surface area contributed by atoms with E-state index in [1.165, 1.54) is 14.2 Å². The molecule has 332 valence electrons. The zero-order valence-corrected chi connectivity index (χ0v) is 36.9. The zero-order valence-electron chi connectivity index (χ0n) is 36.9. The summed E-state index contributed by atoms with van der Waals surface area (Å²) in [6.07, 6.45) is 5.32. The molecule has 5 aromatic rings. The summed E-state index contributed by atoms with van der Waals surface area (Å²) in [7, 11) is 2.61. The van der Waals surface area contributed by atoms with Crippen molar-refractivity contribution < 1.29 is 33.4 Å². The van der Waals surface area contributed by atoms with Crippen molar-refractivity contribution in [2.45, 2.75) is 77.5 Å². The second-order valence-corrected chi connectivity index (χ2v) is 17.8. The number of imidazole rings is 2. The van der Waals surface area contributed by atoms with E-state index >= 15 is 0 Å². The monoisotopic (exact) mass is 858 g/mol. The van der Waals surface area contributed by atoms with Gasteiger partial charge in [0.1, 0.15) is 23.7 Å². The van der Waals surface area contributed by atoms with E-state index in [9.17, 15) is 19.2 Å². The first-order valence-electron chi connectivity index (χ1n) is 22.0. The van der Waals surface area contributed by atoms with E-state index in [0.717, 1.165) is 68.9 Å². The van der Waals surface area contributed by atoms with Gasteiger partial charge in [-0.25, -0.2) is 19.6 Å². The number of hydrogen-bond donors (Lipinski definition) is 4. The van der Waals surface area contributed by atoms with E-state index in [-0.39, 0.29) is 47.6 Å². The fourth-order valence-electron chi connectivity index (χ4n) is 9.51. The number of likely N-dealkylation sites (tertiary alicyclic amines) is 2. The minimum absolute atomic E-state index is 0.0362. The Hall–Kier alpha value is -6.22. The van der Waals surface area contributed by atoms with Crippen LogP contribution in [0, 0.1) is 23.7 Å². The van der Waals surface area contributed by atoms with Crippen molar-refractivity contribution in [2.24, 2.45) is 23.7 Å². The third-order valence-electron chi connectivity index (χ3n) is 12.9. The molecule has 3 fully saturated rings. The molecule has 0 bridgehead atoms. The standard InChI is InChI=1S/C48H58N8O7/c1-27(2)41(53-47(59)61-5)45(57)55-25-28(3)19-39(55)44-50-24-38(52-44)36-14-13-34-21-33(11-12-35(34)22-36)30-7-9-31(10-8-30)37-23-49-43(51-37)40-20-29(4)26-56(40)46(58)42(54-48(60)62-6)32-15-17-63-18-16-32/h7-14,21-24,27-29,32,39-42H,15-20,25-26H2,1-6H3,(H,49,51)(H,50,52)(H,53,59)(H,54,60)/t28-,29-,39-,40-,41-,42-/m0/s1. The molecule has 4 amide bonds. The number of methoxy groups -OCH3 is 2. The maximum atomic E-state index is 14.1. The van der Waals surface area contributed by atoms with E-state index in [0.29, 0.717) is 39.1 Å². The lowest BCUT2D eigenvalue weighted by Gasteiger charge is -2.34. The van der Waals surface area contributed by atoms with E-state index in [1.54, 1.807) is 0 Å². The summed E-state index contributed by atoms with van der Waals surface area (Å²) < 4.78 is 15.2. The number of amides is 4. The largest absolute Gasteiger partial charge is 0.453 e. The highest BCUT2D eigenvalue weighted by Crippen LogP contribution is 2.38. The molecule has 3 aliphatic rings. The van der Waals surface area contributed by atoms with Crippen molar-refractivity contribution in [1.82, 2.24) is 40.4 Å². The van der Waals surface area contributed by atoms with Gasteiger partial charge in [-0.15, -0.1) is 0 Å². The number of nitrogens with zero attached hydrogens (tertiary/aromatic N) is 4. The van der Waals surface area contributed by atoms with Crippen molar-refractivity contribution in [3.63, 3.8) is 0 Å². The summed E-state index contributed by atoms with van der Waals surface area (Å²) in [5.41, 5.74) is 5.87. The van der Waals surface area contributed by atoms with Gasteiger partial charge in [0.05, 0.1) is 50.1 Å². The Bertz CT molecular complexity index is 2440. The average molecular weight is 859 g/mol. The lowest BCUT2D eigenvalue weighted by atomic mass is 9.90. The van der Waals surface area contributed by atoms with Gasteiger partial charge in [-0.3, -0.25) is 9.59 Å². The molecule has 6 atom stereocenters. The highest BCUT2D eigenvalue weighted by atomic mass is 16.5. The molecule has 3 saturated heterocycles. The summed E-state index contributed by atoms with van der Waals surface area (Å²) in [6, 6.07) is 19.3. The minimum atomic E-state index is -0.702. The van der Waals surface area contributed by atoms with E-state index in [1.807, 2.05) is 36.0 Å². The Morgan fingerprint density at radius 2 is 1.17 bits per heavy atom. The zero-order chi connectivity index (χ0) is 44.4. The van der Waals surface area contributed by atoms with E-state index < -0.39 is 24.3 Å². The van der Waals surface area contributed by atoms with E-state index in [4.69, 9.17) is 24.2 Å². The molecule has 15 heteroatoms. The molecule has 3 aromatic carbocycles. The van der Waals surface area contributed by atoms with Gasteiger partial charge in [-0.2, -0.15) is 0 Å². The third kappa shape index (κ3) is 9.29. The fourth-order valence-corrected chi connectivity index (χ4v) is 9.51. The maximum absolute atomic E-state index is 14.1. The number of nitrogens with one attached hydrogen (secondary N) is 4. The van der Waals surface area contributed by atoms with Crippen molar-refractivity contribution in [3.8, 4) is 33.6 Å². The molecule has 0 unspecified atom stereocenters. The van der Waals surface area contributed by atoms with Crippen LogP contribution in [0.3, 0.4) is 0 Å². The number of carbonyl (C=O) groups is 4. The molecule has 0 saturated carbocycles. The second kappa shape index (κ2) is 18.6. The maximum Gasteiger partial charge on any atom is 0.407 e. The molecule has 2 aromatic heterocycles. The Morgan fingerprint density at radius 3 is 1.75 bits per heavy atom. The summed E-state index contributed by atoms with van der Waals surface area (Å²) in [6.45, 7) is 10.3. The number of alkyl carbamates (subject to hydrolysis) is 2. The number of aromatic amines is 2. The molecule has 15 nitrogen and oxygen atoms in total. The lowest BCUT2D eigenvalue weighted by molar-refractivity contribution is -0.137. The molecule has 8 rings (SSSR count). The molecule has 0 aliphatic carbocycles. The number of H-pyrrole nitrogens is 2. The quantitative estimate of drug-likeness (QED) is 0.104. The highest BCUT2D eigenvalue weighted by Gasteiger charge is 2.43. The molecule has 0 radical (unpaired) electrons. The summed E-state index contributed by atoms with van der Waals surface area (Å²) >= 11 is 0. The van der Waals surface area contributed by atoms with Crippen LogP contribution < -0.4 is 10.6 Å². The molecular weight excluding hydrogens is 801 g/mol. The number of rotatable bonds is 11. The first-order valence-corrected chi connectivity index (χ1v) is 22.0. The molecule has 0 spiro atoms. The number of fused-ring (bicyclic) bond motifs is 1. The number of benzene rings is 3. The van der Waals surface area contributed by atoms with Crippen LogP contribution in [0.2, 0.25) is 0 Å². The van der Waals surface area contributed by atoms with Crippen molar-refractivity contribution in [1.29, 1.82) is 0 Å². The van der Waals surface area contributed by atoms with Crippen LogP contribution in [0.25, 0.3) is 44.4 Å². The van der Waals surface area contributed by atoms with Crippen LogP contribution in [0.15, 0.2) is 73.1 Å². The topological polar surface area (TPSA) is 184 Å². The SMILES string of the molecule is COC(=O)N[C@H](C(=O)N1C[C@@H](C)C[C@H]1c1ncc(-c2ccc3cc(-c4ccc(-c5cnc([C@@H]6C[C@H](C)CN6C(=O)[C@@H](NC(=O)OC)C6CCOCC6)[nH]5)cc4)ccc3c2)[nH]1)C(C)C. The number of hydrogen-bond acceptors (Lipinski definition) is 9. The van der Waals surface area contributed by atoms with Gasteiger partial charge in [-0.05, 0) is 89.0 Å². The van der Waals surface area contributed by atoms with Gasteiger partial charge in [0.25, 0.3) is 0 Å². The van der Waals surface area contributed by atoms with Gasteiger partial charge in [0.15, 0.2) is 0 Å². The number of carbonyl (C=O) groups excluding carboxylic acids is 4. The molecule has 63 heavy (non-hydrogen) atoms. The predicted octanol–water partition coefficient (Wildman–Crippen LogP) is 7.64. The molecule has 4 N–H and O–H groups in total. The predicted molar refractivity (Wildman–Crippen MR) is 238 cm³/mol. The molecule has 5 heterocycles. The van der Waals surface area contributed by atoms with Crippen LogP contribution in [-0.2, 0) is 23.8 Å². The van der Waals surface area contributed by atoms with Crippen LogP contribution in [-0.4, -0.2) is 106 Å². The fraction of sp³-hybridized carbons (Fsp3) is 0.458. The third-order valence-corrected chi connectivity index (χ3v) is 12.9. The molecular formula is C48H58N8O7. The molecule has 3 aliphatic heterocycles. The Balaban J connectivity index is 0.949. The van der Waals surface area contributed by atoms with Gasteiger partial charge in [0, 0.05) is 31.9 Å². The summed E-state index contributed by atoms with van der Waals surface area (Å²) in [4.78, 5) is 72.5. The van der Waals surface area contributed by atoms with E-state index in [2.05, 4.69) is 95.1 Å². The Labute approximate surface area is 367 Å². The smallest absolute Gasteiger partial charge is 0.407 e. The summed E-state index contributed by atoms with van der Waals surface area (Å²) in [5, 5.41) is 7.74. The number of ether oxygens (including phenoxy) is 3. The average Bonchev–Trinajstić information content (AvgIpc) is 4.14. The van der Waals surface area contributed by atoms with Crippen molar-refractivity contribution in [2.75, 3.05) is 40.5 Å². The number of aromatic nitrogens is 4. The normalized spacial score (nSPS) is 21.4. The van der Waals surface area contributed by atoms with Crippen LogP contribution in [0.4, 0.5) is 9.59 Å². The Kier molecular flexibility index (Phi) is 12.8. The van der Waals surface area contributed by atoms with Crippen LogP contribution in [0.1, 0.15) is 77.1 Å². The van der Waals surface area contributed by atoms with Crippen molar-refractivity contribution >= 4 is 34.8 Å². The first-order chi connectivity index (χ1) is 30.4.